The number of nitrogens with zero attached hydrogens (tertiary/aromatic N) is 1. The van der Waals surface area contributed by atoms with E-state index in [4.69, 9.17) is 4.74 Å². The third kappa shape index (κ3) is 6.39. The van der Waals surface area contributed by atoms with E-state index in [-0.39, 0.29) is 0 Å². The molecule has 3 nitrogen and oxygen atoms in total. The molecule has 3 heteroatoms. The summed E-state index contributed by atoms with van der Waals surface area (Å²) in [5.41, 5.74) is 0. The van der Waals surface area contributed by atoms with E-state index < -0.39 is 0 Å². The summed E-state index contributed by atoms with van der Waals surface area (Å²) in [6.07, 6.45) is 3.81. The maximum absolute atomic E-state index is 5.52. The van der Waals surface area contributed by atoms with Crippen molar-refractivity contribution in [3.8, 4) is 0 Å². The quantitative estimate of drug-likeness (QED) is 0.660. The molecule has 1 aliphatic heterocycles. The molecule has 0 saturated carbocycles. The van der Waals surface area contributed by atoms with E-state index in [1.54, 1.807) is 0 Å². The summed E-state index contributed by atoms with van der Waals surface area (Å²) < 4.78 is 5.52. The third-order valence-electron chi connectivity index (χ3n) is 3.42. The van der Waals surface area contributed by atoms with Gasteiger partial charge < -0.3 is 10.1 Å². The molecule has 17 heavy (non-hydrogen) atoms. The number of rotatable bonds is 8. The number of nitrogens with one attached hydrogen (secondary N) is 1. The Hall–Kier alpha value is -0.120. The molecule has 1 fully saturated rings. The van der Waals surface area contributed by atoms with Crippen LogP contribution in [-0.4, -0.2) is 50.3 Å². The van der Waals surface area contributed by atoms with Gasteiger partial charge in [0, 0.05) is 12.6 Å². The normalized spacial score (nSPS) is 22.2. The second-order valence-electron chi connectivity index (χ2n) is 5.48. The average molecular weight is 242 g/mol. The summed E-state index contributed by atoms with van der Waals surface area (Å²) in [5.74, 6) is 0.763. The highest BCUT2D eigenvalue weighted by atomic mass is 16.5. The third-order valence-corrected chi connectivity index (χ3v) is 3.42. The van der Waals surface area contributed by atoms with Gasteiger partial charge in [-0.25, -0.2) is 0 Å². The van der Waals surface area contributed by atoms with Gasteiger partial charge in [-0.05, 0) is 44.8 Å². The molecule has 1 heterocycles. The van der Waals surface area contributed by atoms with Crippen LogP contribution in [0.5, 0.6) is 0 Å². The zero-order valence-electron chi connectivity index (χ0n) is 11.9. The molecule has 0 spiro atoms. The van der Waals surface area contributed by atoms with Crippen molar-refractivity contribution in [1.82, 2.24) is 10.2 Å². The van der Waals surface area contributed by atoms with Gasteiger partial charge in [0.1, 0.15) is 0 Å². The molecular formula is C14H30N2O. The van der Waals surface area contributed by atoms with Crippen LogP contribution in [0.1, 0.15) is 40.0 Å². The van der Waals surface area contributed by atoms with Crippen molar-refractivity contribution in [2.45, 2.75) is 46.1 Å². The Kier molecular flexibility index (Phi) is 7.82. The first kappa shape index (κ1) is 14.9. The van der Waals surface area contributed by atoms with Gasteiger partial charge in [-0.15, -0.1) is 0 Å². The van der Waals surface area contributed by atoms with Gasteiger partial charge in [-0.3, -0.25) is 4.90 Å². The Bertz CT molecular complexity index is 185. The Morgan fingerprint density at radius 2 is 2.18 bits per heavy atom. The van der Waals surface area contributed by atoms with Crippen molar-refractivity contribution >= 4 is 0 Å². The van der Waals surface area contributed by atoms with Crippen molar-refractivity contribution < 1.29 is 4.74 Å². The molecule has 0 bridgehead atoms. The molecule has 1 aliphatic rings. The highest BCUT2D eigenvalue weighted by Crippen LogP contribution is 2.10. The lowest BCUT2D eigenvalue weighted by Crippen LogP contribution is -2.45. The molecule has 1 N–H and O–H groups in total. The maximum atomic E-state index is 5.52. The van der Waals surface area contributed by atoms with Crippen LogP contribution in [0.3, 0.4) is 0 Å². The van der Waals surface area contributed by atoms with E-state index in [0.717, 1.165) is 32.2 Å². The summed E-state index contributed by atoms with van der Waals surface area (Å²) in [6.45, 7) is 13.3. The van der Waals surface area contributed by atoms with Gasteiger partial charge in [0.15, 0.2) is 0 Å². The van der Waals surface area contributed by atoms with Crippen molar-refractivity contribution in [1.29, 1.82) is 0 Å². The van der Waals surface area contributed by atoms with Crippen molar-refractivity contribution in [2.24, 2.45) is 5.92 Å². The van der Waals surface area contributed by atoms with Crippen molar-refractivity contribution in [2.75, 3.05) is 39.4 Å². The fourth-order valence-electron chi connectivity index (χ4n) is 2.32. The van der Waals surface area contributed by atoms with Crippen LogP contribution < -0.4 is 5.32 Å². The lowest BCUT2D eigenvalue weighted by Gasteiger charge is -2.35. The predicted octanol–water partition coefficient (Wildman–Crippen LogP) is 2.12. The van der Waals surface area contributed by atoms with Crippen LogP contribution >= 0.6 is 0 Å². The van der Waals surface area contributed by atoms with Gasteiger partial charge in [0.25, 0.3) is 0 Å². The molecule has 0 amide bonds. The van der Waals surface area contributed by atoms with Crippen molar-refractivity contribution in [3.63, 3.8) is 0 Å². The summed E-state index contributed by atoms with van der Waals surface area (Å²) in [4.78, 5) is 2.60. The molecule has 0 aromatic heterocycles. The van der Waals surface area contributed by atoms with Crippen LogP contribution in [-0.2, 0) is 4.74 Å². The largest absolute Gasteiger partial charge is 0.378 e. The summed E-state index contributed by atoms with van der Waals surface area (Å²) in [7, 11) is 0. The lowest BCUT2D eigenvalue weighted by molar-refractivity contribution is -0.00910. The van der Waals surface area contributed by atoms with Gasteiger partial charge in [0.2, 0.25) is 0 Å². The Balaban J connectivity index is 2.01. The zero-order valence-corrected chi connectivity index (χ0v) is 11.9. The Labute approximate surface area is 107 Å². The summed E-state index contributed by atoms with van der Waals surface area (Å²) in [5, 5.41) is 3.50. The number of ether oxygens (including phenoxy) is 1. The average Bonchev–Trinajstić information content (AvgIpc) is 2.33. The van der Waals surface area contributed by atoms with E-state index in [9.17, 15) is 0 Å². The van der Waals surface area contributed by atoms with E-state index in [1.807, 2.05) is 0 Å². The molecular weight excluding hydrogens is 212 g/mol. The Morgan fingerprint density at radius 1 is 1.35 bits per heavy atom. The molecule has 1 saturated heterocycles. The first-order valence-corrected chi connectivity index (χ1v) is 7.26. The maximum Gasteiger partial charge on any atom is 0.0622 e. The smallest absolute Gasteiger partial charge is 0.0622 e. The second-order valence-corrected chi connectivity index (χ2v) is 5.48. The molecule has 0 radical (unpaired) electrons. The fraction of sp³-hybridized carbons (Fsp3) is 1.00. The van der Waals surface area contributed by atoms with Crippen LogP contribution in [0.15, 0.2) is 0 Å². The van der Waals surface area contributed by atoms with Crippen LogP contribution in [0.25, 0.3) is 0 Å². The molecule has 1 atom stereocenters. The number of hydrogen-bond acceptors (Lipinski definition) is 3. The first-order chi connectivity index (χ1) is 8.24. The SMILES string of the molecule is CCC1COCCN1CCCCNCC(C)C. The zero-order chi connectivity index (χ0) is 12.5. The van der Waals surface area contributed by atoms with Gasteiger partial charge >= 0.3 is 0 Å². The molecule has 1 rings (SSSR count). The van der Waals surface area contributed by atoms with E-state index in [0.29, 0.717) is 6.04 Å². The minimum atomic E-state index is 0.660. The first-order valence-electron chi connectivity index (χ1n) is 7.26. The molecule has 0 aromatic rings. The van der Waals surface area contributed by atoms with Crippen LogP contribution in [0.4, 0.5) is 0 Å². The minimum absolute atomic E-state index is 0.660. The molecule has 1 unspecified atom stereocenters. The van der Waals surface area contributed by atoms with Gasteiger partial charge in [-0.2, -0.15) is 0 Å². The second kappa shape index (κ2) is 8.90. The van der Waals surface area contributed by atoms with Crippen LogP contribution in [0, 0.1) is 5.92 Å². The molecule has 102 valence electrons. The van der Waals surface area contributed by atoms with Crippen LogP contribution in [0.2, 0.25) is 0 Å². The van der Waals surface area contributed by atoms with E-state index in [1.165, 1.54) is 32.4 Å². The standard InChI is InChI=1S/C14H30N2O/c1-4-14-12-17-10-9-16(14)8-6-5-7-15-11-13(2)3/h13-15H,4-12H2,1-3H3. The molecule has 0 aromatic carbocycles. The lowest BCUT2D eigenvalue weighted by atomic mass is 10.1. The monoisotopic (exact) mass is 242 g/mol. The fourth-order valence-corrected chi connectivity index (χ4v) is 2.32. The van der Waals surface area contributed by atoms with Crippen molar-refractivity contribution in [3.05, 3.63) is 0 Å². The molecule has 0 aliphatic carbocycles. The highest BCUT2D eigenvalue weighted by molar-refractivity contribution is 4.73. The van der Waals surface area contributed by atoms with E-state index in [2.05, 4.69) is 31.0 Å². The summed E-state index contributed by atoms with van der Waals surface area (Å²) in [6, 6.07) is 0.660. The Morgan fingerprint density at radius 3 is 2.88 bits per heavy atom. The number of hydrogen-bond donors (Lipinski definition) is 1. The number of unbranched alkanes of at least 4 members (excludes halogenated alkanes) is 1. The predicted molar refractivity (Wildman–Crippen MR) is 73.4 cm³/mol. The van der Waals surface area contributed by atoms with Gasteiger partial charge in [0.05, 0.1) is 13.2 Å². The summed E-state index contributed by atoms with van der Waals surface area (Å²) >= 11 is 0. The highest BCUT2D eigenvalue weighted by Gasteiger charge is 2.20. The number of morpholine rings is 1. The van der Waals surface area contributed by atoms with E-state index >= 15 is 0 Å². The van der Waals surface area contributed by atoms with Gasteiger partial charge in [-0.1, -0.05) is 20.8 Å². The minimum Gasteiger partial charge on any atom is -0.378 e. The topological polar surface area (TPSA) is 24.5 Å².